The third-order valence-electron chi connectivity index (χ3n) is 8.38. The molecule has 10 heteroatoms. The van der Waals surface area contributed by atoms with E-state index in [4.69, 9.17) is 4.74 Å². The molecular formula is C29H41N5O5. The lowest BCUT2D eigenvalue weighted by molar-refractivity contribution is -0.135. The fraction of sp³-hybridized carbons (Fsp3) is 0.655. The van der Waals surface area contributed by atoms with Crippen molar-refractivity contribution in [2.75, 3.05) is 32.7 Å². The van der Waals surface area contributed by atoms with Gasteiger partial charge in [0.1, 0.15) is 11.6 Å². The van der Waals surface area contributed by atoms with Crippen LogP contribution in [0.5, 0.6) is 0 Å². The van der Waals surface area contributed by atoms with Crippen LogP contribution in [0.15, 0.2) is 23.0 Å². The molecule has 3 aliphatic heterocycles. The van der Waals surface area contributed by atoms with Gasteiger partial charge < -0.3 is 14.5 Å². The van der Waals surface area contributed by atoms with Gasteiger partial charge in [0.2, 0.25) is 11.8 Å². The second kappa shape index (κ2) is 10.8. The predicted octanol–water partition coefficient (Wildman–Crippen LogP) is 3.14. The zero-order chi connectivity index (χ0) is 27.9. The number of nitrogens with one attached hydrogen (secondary N) is 1. The number of carbonyl (C=O) groups excluding carboxylic acids is 3. The molecule has 3 aliphatic rings. The van der Waals surface area contributed by atoms with Crippen LogP contribution in [0.25, 0.3) is 11.0 Å². The zero-order valence-corrected chi connectivity index (χ0v) is 23.6. The Bertz CT molecular complexity index is 1310. The summed E-state index contributed by atoms with van der Waals surface area (Å²) >= 11 is 0. The number of hydrogen-bond donors (Lipinski definition) is 1. The van der Waals surface area contributed by atoms with Crippen molar-refractivity contribution in [2.24, 2.45) is 13.0 Å². The molecule has 2 unspecified atom stereocenters. The van der Waals surface area contributed by atoms with E-state index in [0.29, 0.717) is 18.3 Å². The van der Waals surface area contributed by atoms with Crippen LogP contribution in [0.4, 0.5) is 4.79 Å². The fourth-order valence-corrected chi connectivity index (χ4v) is 6.38. The summed E-state index contributed by atoms with van der Waals surface area (Å²) in [7, 11) is 1.74. The van der Waals surface area contributed by atoms with Gasteiger partial charge in [0, 0.05) is 33.1 Å². The molecule has 212 valence electrons. The van der Waals surface area contributed by atoms with E-state index in [0.717, 1.165) is 69.4 Å². The summed E-state index contributed by atoms with van der Waals surface area (Å²) in [6.45, 7) is 10.2. The van der Waals surface area contributed by atoms with Crippen LogP contribution in [-0.4, -0.2) is 75.2 Å². The zero-order valence-electron chi connectivity index (χ0n) is 23.6. The first-order valence-electron chi connectivity index (χ1n) is 14.2. The minimum Gasteiger partial charge on any atom is -0.444 e. The van der Waals surface area contributed by atoms with E-state index >= 15 is 0 Å². The van der Waals surface area contributed by atoms with E-state index in [2.05, 4.69) is 22.3 Å². The SMILES string of the molecule is Cn1c(=O)n(C2CCC(=O)NC2=O)c2ccc(C3CCN(CC4CCCN(C(=O)OC(C)(C)C)C4)CC3)cc21. The van der Waals surface area contributed by atoms with Crippen LogP contribution in [0.3, 0.4) is 0 Å². The smallest absolute Gasteiger partial charge is 0.410 e. The van der Waals surface area contributed by atoms with Crippen molar-refractivity contribution in [3.05, 3.63) is 34.2 Å². The van der Waals surface area contributed by atoms with Gasteiger partial charge in [0.05, 0.1) is 11.0 Å². The number of aromatic nitrogens is 2. The Morgan fingerprint density at radius 2 is 1.77 bits per heavy atom. The molecule has 0 saturated carbocycles. The number of ether oxygens (including phenoxy) is 1. The molecule has 39 heavy (non-hydrogen) atoms. The number of amides is 3. The van der Waals surface area contributed by atoms with E-state index in [9.17, 15) is 19.2 Å². The third-order valence-corrected chi connectivity index (χ3v) is 8.38. The lowest BCUT2D eigenvalue weighted by Gasteiger charge is -2.38. The molecule has 3 amide bonds. The van der Waals surface area contributed by atoms with Gasteiger partial charge in [-0.15, -0.1) is 0 Å². The monoisotopic (exact) mass is 539 g/mol. The van der Waals surface area contributed by atoms with Crippen molar-refractivity contribution in [3.63, 3.8) is 0 Å². The summed E-state index contributed by atoms with van der Waals surface area (Å²) in [4.78, 5) is 54.1. The molecular weight excluding hydrogens is 498 g/mol. The first-order valence-corrected chi connectivity index (χ1v) is 14.2. The van der Waals surface area contributed by atoms with Crippen LogP contribution < -0.4 is 11.0 Å². The molecule has 3 saturated heterocycles. The third kappa shape index (κ3) is 5.90. The number of imidazole rings is 1. The van der Waals surface area contributed by atoms with Crippen LogP contribution in [0, 0.1) is 5.92 Å². The molecule has 2 atom stereocenters. The molecule has 5 rings (SSSR count). The molecule has 1 aromatic heterocycles. The van der Waals surface area contributed by atoms with E-state index in [-0.39, 0.29) is 24.1 Å². The largest absolute Gasteiger partial charge is 0.444 e. The number of hydrogen-bond acceptors (Lipinski definition) is 6. The molecule has 1 aromatic carbocycles. The molecule has 10 nitrogen and oxygen atoms in total. The van der Waals surface area contributed by atoms with Gasteiger partial charge in [-0.05, 0) is 95.5 Å². The highest BCUT2D eigenvalue weighted by atomic mass is 16.6. The molecule has 4 heterocycles. The van der Waals surface area contributed by atoms with Gasteiger partial charge in [-0.25, -0.2) is 9.59 Å². The van der Waals surface area contributed by atoms with E-state index < -0.39 is 17.6 Å². The summed E-state index contributed by atoms with van der Waals surface area (Å²) in [5.74, 6) is 0.163. The Kier molecular flexibility index (Phi) is 7.59. The standard InChI is InChI=1S/C29H41N5O5/c1-29(2,3)39-28(38)33-13-5-6-19(18-33)17-32-14-11-20(12-15-32)21-7-8-22-24(16-21)31(4)27(37)34(22)23-9-10-25(35)30-26(23)36/h7-8,16,19-20,23H,5-6,9-15,17-18H2,1-4H3,(H,30,35,36). The Morgan fingerprint density at radius 3 is 2.46 bits per heavy atom. The van der Waals surface area contributed by atoms with Gasteiger partial charge in [-0.1, -0.05) is 6.07 Å². The fourth-order valence-electron chi connectivity index (χ4n) is 6.38. The Hall–Kier alpha value is -3.14. The second-order valence-electron chi connectivity index (χ2n) is 12.4. The molecule has 0 spiro atoms. The normalized spacial score (nSPS) is 23.7. The van der Waals surface area contributed by atoms with Crippen LogP contribution in [0.2, 0.25) is 0 Å². The minimum absolute atomic E-state index is 0.206. The number of nitrogens with zero attached hydrogens (tertiary/aromatic N) is 4. The summed E-state index contributed by atoms with van der Waals surface area (Å²) < 4.78 is 8.73. The van der Waals surface area contributed by atoms with Gasteiger partial charge in [-0.3, -0.25) is 24.0 Å². The lowest BCUT2D eigenvalue weighted by atomic mass is 9.88. The number of piperidine rings is 3. The van der Waals surface area contributed by atoms with Gasteiger partial charge in [0.25, 0.3) is 0 Å². The van der Waals surface area contributed by atoms with Gasteiger partial charge >= 0.3 is 11.8 Å². The number of rotatable bonds is 4. The van der Waals surface area contributed by atoms with Crippen LogP contribution in [-0.2, 0) is 21.4 Å². The first kappa shape index (κ1) is 27.4. The predicted molar refractivity (Wildman–Crippen MR) is 148 cm³/mol. The molecule has 0 aliphatic carbocycles. The number of imide groups is 1. The maximum absolute atomic E-state index is 13.1. The summed E-state index contributed by atoms with van der Waals surface area (Å²) in [5, 5.41) is 2.36. The summed E-state index contributed by atoms with van der Waals surface area (Å²) in [6, 6.07) is 5.47. The lowest BCUT2D eigenvalue weighted by Crippen LogP contribution is -2.46. The molecule has 2 aromatic rings. The number of likely N-dealkylation sites (tertiary alicyclic amines) is 2. The van der Waals surface area contributed by atoms with Crippen molar-refractivity contribution in [1.29, 1.82) is 0 Å². The maximum atomic E-state index is 13.1. The molecule has 0 radical (unpaired) electrons. The van der Waals surface area contributed by atoms with E-state index in [1.807, 2.05) is 31.7 Å². The number of fused-ring (bicyclic) bond motifs is 1. The summed E-state index contributed by atoms with van der Waals surface area (Å²) in [6.07, 6.45) is 4.58. The number of aryl methyl sites for hydroxylation is 1. The topological polar surface area (TPSA) is 106 Å². The van der Waals surface area contributed by atoms with Crippen molar-refractivity contribution in [1.82, 2.24) is 24.3 Å². The molecule has 0 bridgehead atoms. The highest BCUT2D eigenvalue weighted by Crippen LogP contribution is 2.32. The second-order valence-corrected chi connectivity index (χ2v) is 12.4. The summed E-state index contributed by atoms with van der Waals surface area (Å²) in [5.41, 5.74) is 2.04. The Labute approximate surface area is 229 Å². The average molecular weight is 540 g/mol. The van der Waals surface area contributed by atoms with E-state index in [1.165, 1.54) is 10.1 Å². The van der Waals surface area contributed by atoms with Crippen molar-refractivity contribution >= 4 is 28.9 Å². The molecule has 1 N–H and O–H groups in total. The number of carbonyl (C=O) groups is 3. The Morgan fingerprint density at radius 1 is 1.03 bits per heavy atom. The van der Waals surface area contributed by atoms with Crippen molar-refractivity contribution in [2.45, 2.75) is 76.9 Å². The van der Waals surface area contributed by atoms with Crippen molar-refractivity contribution in [3.8, 4) is 0 Å². The maximum Gasteiger partial charge on any atom is 0.410 e. The number of benzene rings is 1. The van der Waals surface area contributed by atoms with Crippen molar-refractivity contribution < 1.29 is 19.1 Å². The minimum atomic E-state index is -0.668. The van der Waals surface area contributed by atoms with Crippen LogP contribution >= 0.6 is 0 Å². The molecule has 3 fully saturated rings. The Balaban J connectivity index is 1.21. The highest BCUT2D eigenvalue weighted by Gasteiger charge is 2.32. The first-order chi connectivity index (χ1) is 18.5. The van der Waals surface area contributed by atoms with Crippen LogP contribution in [0.1, 0.15) is 76.8 Å². The van der Waals surface area contributed by atoms with Gasteiger partial charge in [0.15, 0.2) is 0 Å². The average Bonchev–Trinajstić information content (AvgIpc) is 3.13. The van der Waals surface area contributed by atoms with E-state index in [1.54, 1.807) is 11.6 Å². The highest BCUT2D eigenvalue weighted by molar-refractivity contribution is 6.00. The quantitative estimate of drug-likeness (QED) is 0.599. The van der Waals surface area contributed by atoms with Gasteiger partial charge in [-0.2, -0.15) is 0 Å².